The van der Waals surface area contributed by atoms with Gasteiger partial charge in [-0.25, -0.2) is 8.42 Å². The summed E-state index contributed by atoms with van der Waals surface area (Å²) in [6, 6.07) is 8.62. The number of hydrogen-bond acceptors (Lipinski definition) is 6. The highest BCUT2D eigenvalue weighted by Crippen LogP contribution is 2.34. The molecule has 0 N–H and O–H groups in total. The van der Waals surface area contributed by atoms with Crippen LogP contribution in [0.15, 0.2) is 40.6 Å². The van der Waals surface area contributed by atoms with E-state index in [-0.39, 0.29) is 10.9 Å². The van der Waals surface area contributed by atoms with Crippen molar-refractivity contribution < 1.29 is 22.6 Å². The Balaban J connectivity index is 2.03. The Morgan fingerprint density at radius 2 is 1.96 bits per heavy atom. The summed E-state index contributed by atoms with van der Waals surface area (Å²) in [5, 5.41) is 1.95. The molecule has 0 bridgehead atoms. The Morgan fingerprint density at radius 3 is 2.58 bits per heavy atom. The van der Waals surface area contributed by atoms with Crippen molar-refractivity contribution in [2.75, 3.05) is 27.4 Å². The Labute approximate surface area is 158 Å². The Bertz CT molecular complexity index is 814. The molecule has 1 aliphatic rings. The van der Waals surface area contributed by atoms with Crippen LogP contribution >= 0.6 is 11.3 Å². The molecule has 1 fully saturated rings. The normalized spacial score (nSPS) is 16.0. The van der Waals surface area contributed by atoms with Crippen molar-refractivity contribution in [2.24, 2.45) is 0 Å². The van der Waals surface area contributed by atoms with Crippen LogP contribution in [0.2, 0.25) is 0 Å². The molecule has 1 aromatic carbocycles. The van der Waals surface area contributed by atoms with Crippen molar-refractivity contribution in [3.63, 3.8) is 0 Å². The van der Waals surface area contributed by atoms with Crippen LogP contribution in [0.25, 0.3) is 0 Å². The molecule has 0 radical (unpaired) electrons. The van der Waals surface area contributed by atoms with Gasteiger partial charge in [0, 0.05) is 36.7 Å². The van der Waals surface area contributed by atoms with Crippen LogP contribution < -0.4 is 9.47 Å². The molecule has 1 saturated heterocycles. The van der Waals surface area contributed by atoms with Crippen LogP contribution in [0, 0.1) is 0 Å². The van der Waals surface area contributed by atoms with E-state index in [1.54, 1.807) is 27.8 Å². The van der Waals surface area contributed by atoms with Crippen LogP contribution in [0.4, 0.5) is 0 Å². The van der Waals surface area contributed by atoms with Gasteiger partial charge in [0.15, 0.2) is 0 Å². The second-order valence-electron chi connectivity index (χ2n) is 5.99. The van der Waals surface area contributed by atoms with Crippen LogP contribution in [0.5, 0.6) is 11.5 Å². The lowest BCUT2D eigenvalue weighted by atomic mass is 10.1. The van der Waals surface area contributed by atoms with Gasteiger partial charge >= 0.3 is 0 Å². The van der Waals surface area contributed by atoms with Crippen LogP contribution in [-0.2, 0) is 21.3 Å². The molecule has 0 spiro atoms. The smallest absolute Gasteiger partial charge is 0.247 e. The lowest BCUT2D eigenvalue weighted by Crippen LogP contribution is -2.42. The van der Waals surface area contributed by atoms with E-state index in [0.717, 1.165) is 4.88 Å². The van der Waals surface area contributed by atoms with E-state index in [1.165, 1.54) is 20.3 Å². The molecule has 1 aliphatic heterocycles. The van der Waals surface area contributed by atoms with Crippen LogP contribution in [0.1, 0.15) is 17.7 Å². The molecule has 3 rings (SSSR count). The second kappa shape index (κ2) is 8.39. The molecule has 0 atom stereocenters. The van der Waals surface area contributed by atoms with E-state index in [9.17, 15) is 8.42 Å². The zero-order valence-corrected chi connectivity index (χ0v) is 16.5. The minimum absolute atomic E-state index is 0.105. The van der Waals surface area contributed by atoms with Gasteiger partial charge in [0.2, 0.25) is 10.0 Å². The van der Waals surface area contributed by atoms with Gasteiger partial charge in [0.05, 0.1) is 14.2 Å². The molecule has 2 aromatic rings. The standard InChI is InChI=1S/C18H23NO5S2/c1-22-15-5-6-17(23-2)18(12-15)26(20,21)19(13-16-4-3-11-25-16)14-7-9-24-10-8-14/h3-6,11-12,14H,7-10,13H2,1-2H3. The van der Waals surface area contributed by atoms with Crippen LogP contribution in [-0.4, -0.2) is 46.2 Å². The molecular weight excluding hydrogens is 374 g/mol. The van der Waals surface area contributed by atoms with Gasteiger partial charge in [-0.2, -0.15) is 4.31 Å². The first-order chi connectivity index (χ1) is 12.6. The molecule has 8 heteroatoms. The summed E-state index contributed by atoms with van der Waals surface area (Å²) in [5.74, 6) is 0.793. The molecule has 0 unspecified atom stereocenters. The van der Waals surface area contributed by atoms with Gasteiger partial charge in [-0.3, -0.25) is 0 Å². The summed E-state index contributed by atoms with van der Waals surface area (Å²) < 4.78 is 44.7. The highest BCUT2D eigenvalue weighted by molar-refractivity contribution is 7.89. The van der Waals surface area contributed by atoms with E-state index in [1.807, 2.05) is 17.5 Å². The number of benzene rings is 1. The maximum atomic E-state index is 13.6. The van der Waals surface area contributed by atoms with Crippen molar-refractivity contribution in [3.8, 4) is 11.5 Å². The van der Waals surface area contributed by atoms with E-state index in [4.69, 9.17) is 14.2 Å². The number of ether oxygens (including phenoxy) is 3. The predicted molar refractivity (Wildman–Crippen MR) is 100 cm³/mol. The predicted octanol–water partition coefficient (Wildman–Crippen LogP) is 3.14. The lowest BCUT2D eigenvalue weighted by Gasteiger charge is -2.33. The van der Waals surface area contributed by atoms with Gasteiger partial charge in [-0.1, -0.05) is 6.07 Å². The highest BCUT2D eigenvalue weighted by Gasteiger charge is 2.35. The maximum absolute atomic E-state index is 13.6. The average molecular weight is 398 g/mol. The Hall–Kier alpha value is -1.61. The average Bonchev–Trinajstić information content (AvgIpc) is 3.19. The summed E-state index contributed by atoms with van der Waals surface area (Å²) in [7, 11) is -0.788. The molecule has 1 aromatic heterocycles. The third kappa shape index (κ3) is 4.03. The summed E-state index contributed by atoms with van der Waals surface area (Å²) in [5.41, 5.74) is 0. The van der Waals surface area contributed by atoms with Gasteiger partial charge in [0.1, 0.15) is 16.4 Å². The number of thiophene rings is 1. The SMILES string of the molecule is COc1ccc(OC)c(S(=O)(=O)N(Cc2cccs2)C2CCOCC2)c1. The Kier molecular flexibility index (Phi) is 6.18. The molecule has 26 heavy (non-hydrogen) atoms. The summed E-state index contributed by atoms with van der Waals surface area (Å²) in [6.07, 6.45) is 1.35. The number of methoxy groups -OCH3 is 2. The zero-order valence-electron chi connectivity index (χ0n) is 14.9. The quantitative estimate of drug-likeness (QED) is 0.718. The molecule has 0 aliphatic carbocycles. The van der Waals surface area contributed by atoms with E-state index in [0.29, 0.717) is 44.1 Å². The summed E-state index contributed by atoms with van der Waals surface area (Å²) in [6.45, 7) is 1.47. The fraction of sp³-hybridized carbons (Fsp3) is 0.444. The topological polar surface area (TPSA) is 65.1 Å². The first kappa shape index (κ1) is 19.2. The van der Waals surface area contributed by atoms with Gasteiger partial charge < -0.3 is 14.2 Å². The molecular formula is C18H23NO5S2. The minimum atomic E-state index is -3.77. The van der Waals surface area contributed by atoms with Crippen LogP contribution in [0.3, 0.4) is 0 Å². The fourth-order valence-electron chi connectivity index (χ4n) is 3.05. The number of nitrogens with zero attached hydrogens (tertiary/aromatic N) is 1. The molecule has 0 saturated carbocycles. The van der Waals surface area contributed by atoms with Crippen molar-refractivity contribution in [1.29, 1.82) is 0 Å². The van der Waals surface area contributed by atoms with Gasteiger partial charge in [-0.05, 0) is 36.4 Å². The largest absolute Gasteiger partial charge is 0.497 e. The molecule has 0 amide bonds. The highest BCUT2D eigenvalue weighted by atomic mass is 32.2. The fourth-order valence-corrected chi connectivity index (χ4v) is 5.67. The van der Waals surface area contributed by atoms with Crippen molar-refractivity contribution in [3.05, 3.63) is 40.6 Å². The summed E-state index contributed by atoms with van der Waals surface area (Å²) >= 11 is 1.55. The van der Waals surface area contributed by atoms with Crippen molar-refractivity contribution >= 4 is 21.4 Å². The molecule has 142 valence electrons. The number of rotatable bonds is 7. The minimum Gasteiger partial charge on any atom is -0.497 e. The zero-order chi connectivity index (χ0) is 18.6. The van der Waals surface area contributed by atoms with E-state index >= 15 is 0 Å². The second-order valence-corrected chi connectivity index (χ2v) is 8.88. The van der Waals surface area contributed by atoms with E-state index in [2.05, 4.69) is 0 Å². The number of hydrogen-bond donors (Lipinski definition) is 0. The third-order valence-corrected chi connectivity index (χ3v) is 7.23. The summed E-state index contributed by atoms with van der Waals surface area (Å²) in [4.78, 5) is 1.13. The van der Waals surface area contributed by atoms with Gasteiger partial charge in [-0.15, -0.1) is 11.3 Å². The third-order valence-electron chi connectivity index (χ3n) is 4.45. The van der Waals surface area contributed by atoms with E-state index < -0.39 is 10.0 Å². The Morgan fingerprint density at radius 1 is 1.19 bits per heavy atom. The maximum Gasteiger partial charge on any atom is 0.247 e. The van der Waals surface area contributed by atoms with Crippen molar-refractivity contribution in [1.82, 2.24) is 4.31 Å². The first-order valence-corrected chi connectivity index (χ1v) is 10.7. The number of sulfonamides is 1. The van der Waals surface area contributed by atoms with Crippen molar-refractivity contribution in [2.45, 2.75) is 30.3 Å². The first-order valence-electron chi connectivity index (χ1n) is 8.40. The molecule has 2 heterocycles. The molecule has 6 nitrogen and oxygen atoms in total. The lowest BCUT2D eigenvalue weighted by molar-refractivity contribution is 0.0571. The monoisotopic (exact) mass is 397 g/mol. The van der Waals surface area contributed by atoms with Gasteiger partial charge in [0.25, 0.3) is 0 Å².